The van der Waals surface area contributed by atoms with Crippen LogP contribution in [-0.4, -0.2) is 12.9 Å². The molecule has 0 saturated carbocycles. The van der Waals surface area contributed by atoms with E-state index in [9.17, 15) is 4.79 Å². The number of hydrogen-bond donors (Lipinski definition) is 0. The number of hydrogen-bond acceptors (Lipinski definition) is 3. The van der Waals surface area contributed by atoms with Gasteiger partial charge in [-0.1, -0.05) is 12.1 Å². The van der Waals surface area contributed by atoms with Gasteiger partial charge in [-0.3, -0.25) is 4.79 Å². The van der Waals surface area contributed by atoms with Gasteiger partial charge >= 0.3 is 0 Å². The monoisotopic (exact) mass is 230 g/mol. The highest BCUT2D eigenvalue weighted by Gasteiger charge is 2.13. The van der Waals surface area contributed by atoms with E-state index in [4.69, 9.17) is 9.15 Å². The number of carbonyl (C=O) groups is 1. The summed E-state index contributed by atoms with van der Waals surface area (Å²) < 4.78 is 10.2. The number of ether oxygens (including phenoxy) is 1. The lowest BCUT2D eigenvalue weighted by Crippen LogP contribution is -2.03. The summed E-state index contributed by atoms with van der Waals surface area (Å²) >= 11 is 0. The van der Waals surface area contributed by atoms with Crippen LogP contribution in [0.1, 0.15) is 21.7 Å². The van der Waals surface area contributed by atoms with Gasteiger partial charge in [-0.05, 0) is 36.2 Å². The maximum absolute atomic E-state index is 11.9. The fraction of sp³-hybridized carbons (Fsp3) is 0.214. The Morgan fingerprint density at radius 2 is 1.94 bits per heavy atom. The smallest absolute Gasteiger partial charge is 0.202 e. The van der Waals surface area contributed by atoms with Gasteiger partial charge in [0, 0.05) is 6.42 Å². The highest BCUT2D eigenvalue weighted by molar-refractivity contribution is 5.96. The molecule has 88 valence electrons. The lowest BCUT2D eigenvalue weighted by Gasteiger charge is -2.02. The number of aryl methyl sites for hydroxylation is 1. The van der Waals surface area contributed by atoms with Gasteiger partial charge in [0.05, 0.1) is 13.4 Å². The van der Waals surface area contributed by atoms with E-state index in [0.29, 0.717) is 12.2 Å². The summed E-state index contributed by atoms with van der Waals surface area (Å²) in [5.74, 6) is 1.23. The van der Waals surface area contributed by atoms with Crippen LogP contribution in [-0.2, 0) is 6.42 Å². The lowest BCUT2D eigenvalue weighted by atomic mass is 10.1. The fourth-order valence-electron chi connectivity index (χ4n) is 1.67. The first kappa shape index (κ1) is 11.5. The highest BCUT2D eigenvalue weighted by atomic mass is 16.5. The number of benzene rings is 1. The largest absolute Gasteiger partial charge is 0.497 e. The molecule has 0 radical (unpaired) electrons. The summed E-state index contributed by atoms with van der Waals surface area (Å²) in [6.45, 7) is 1.87. The second-order valence-corrected chi connectivity index (χ2v) is 3.88. The summed E-state index contributed by atoms with van der Waals surface area (Å²) in [5.41, 5.74) is 1.83. The van der Waals surface area contributed by atoms with Crippen molar-refractivity contribution in [2.24, 2.45) is 0 Å². The summed E-state index contributed by atoms with van der Waals surface area (Å²) in [7, 11) is 1.62. The molecule has 0 N–H and O–H groups in total. The van der Waals surface area contributed by atoms with E-state index in [1.807, 2.05) is 31.2 Å². The third-order valence-corrected chi connectivity index (χ3v) is 2.64. The van der Waals surface area contributed by atoms with E-state index in [1.54, 1.807) is 13.2 Å². The number of furan rings is 1. The number of methoxy groups -OCH3 is 1. The van der Waals surface area contributed by atoms with Crippen LogP contribution in [0.2, 0.25) is 0 Å². The van der Waals surface area contributed by atoms with E-state index in [0.717, 1.165) is 16.9 Å². The highest BCUT2D eigenvalue weighted by Crippen LogP contribution is 2.15. The van der Waals surface area contributed by atoms with Crippen molar-refractivity contribution in [3.63, 3.8) is 0 Å². The third kappa shape index (κ3) is 2.56. The number of rotatable bonds is 4. The number of carbonyl (C=O) groups excluding carboxylic acids is 1. The van der Waals surface area contributed by atoms with Crippen LogP contribution < -0.4 is 4.74 Å². The normalized spacial score (nSPS) is 10.2. The van der Waals surface area contributed by atoms with Crippen molar-refractivity contribution in [1.82, 2.24) is 0 Å². The van der Waals surface area contributed by atoms with Gasteiger partial charge < -0.3 is 9.15 Å². The van der Waals surface area contributed by atoms with Gasteiger partial charge in [-0.2, -0.15) is 0 Å². The average molecular weight is 230 g/mol. The molecule has 1 heterocycles. The van der Waals surface area contributed by atoms with Gasteiger partial charge in [0.2, 0.25) is 5.78 Å². The van der Waals surface area contributed by atoms with Gasteiger partial charge in [-0.15, -0.1) is 0 Å². The third-order valence-electron chi connectivity index (χ3n) is 2.64. The standard InChI is InChI=1S/C14H14O3/c1-10-7-8-17-14(10)13(15)9-11-3-5-12(16-2)6-4-11/h3-8H,9H2,1-2H3. The van der Waals surface area contributed by atoms with E-state index >= 15 is 0 Å². The minimum atomic E-state index is -0.00216. The molecule has 1 aromatic carbocycles. The zero-order valence-electron chi connectivity index (χ0n) is 9.90. The minimum absolute atomic E-state index is 0.00216. The lowest BCUT2D eigenvalue weighted by molar-refractivity contribution is 0.0965. The molecule has 2 aromatic rings. The zero-order chi connectivity index (χ0) is 12.3. The molecule has 17 heavy (non-hydrogen) atoms. The van der Waals surface area contributed by atoms with Gasteiger partial charge in [0.25, 0.3) is 0 Å². The van der Waals surface area contributed by atoms with Crippen molar-refractivity contribution < 1.29 is 13.9 Å². The van der Waals surface area contributed by atoms with Gasteiger partial charge in [-0.25, -0.2) is 0 Å². The Bertz CT molecular complexity index is 509. The molecule has 3 heteroatoms. The predicted molar refractivity (Wildman–Crippen MR) is 64.5 cm³/mol. The molecule has 2 rings (SSSR count). The van der Waals surface area contributed by atoms with Crippen molar-refractivity contribution in [2.45, 2.75) is 13.3 Å². The van der Waals surface area contributed by atoms with Crippen molar-refractivity contribution in [3.8, 4) is 5.75 Å². The number of Topliss-reactive ketones (excluding diaryl/α,β-unsaturated/α-hetero) is 1. The SMILES string of the molecule is COc1ccc(CC(=O)c2occc2C)cc1. The molecular weight excluding hydrogens is 216 g/mol. The molecule has 0 unspecified atom stereocenters. The van der Waals surface area contributed by atoms with E-state index in [1.165, 1.54) is 6.26 Å². The fourth-order valence-corrected chi connectivity index (χ4v) is 1.67. The Balaban J connectivity index is 2.10. The van der Waals surface area contributed by atoms with Crippen molar-refractivity contribution in [1.29, 1.82) is 0 Å². The van der Waals surface area contributed by atoms with Crippen LogP contribution in [0.15, 0.2) is 41.0 Å². The first-order valence-electron chi connectivity index (χ1n) is 5.41. The molecule has 0 aliphatic heterocycles. The van der Waals surface area contributed by atoms with Crippen LogP contribution in [0.4, 0.5) is 0 Å². The van der Waals surface area contributed by atoms with E-state index < -0.39 is 0 Å². The van der Waals surface area contributed by atoms with Crippen LogP contribution >= 0.6 is 0 Å². The quantitative estimate of drug-likeness (QED) is 0.758. The number of ketones is 1. The van der Waals surface area contributed by atoms with E-state index in [-0.39, 0.29) is 5.78 Å². The first-order valence-corrected chi connectivity index (χ1v) is 5.41. The Morgan fingerprint density at radius 1 is 1.24 bits per heavy atom. The molecular formula is C14H14O3. The Kier molecular flexibility index (Phi) is 3.28. The summed E-state index contributed by atoms with van der Waals surface area (Å²) in [6.07, 6.45) is 1.88. The molecule has 0 bridgehead atoms. The van der Waals surface area contributed by atoms with Crippen LogP contribution in [0.5, 0.6) is 5.75 Å². The second kappa shape index (κ2) is 4.87. The van der Waals surface area contributed by atoms with Gasteiger partial charge in [0.15, 0.2) is 5.76 Å². The van der Waals surface area contributed by atoms with Crippen LogP contribution in [0.25, 0.3) is 0 Å². The summed E-state index contributed by atoms with van der Waals surface area (Å²) in [6, 6.07) is 9.25. The molecule has 3 nitrogen and oxygen atoms in total. The first-order chi connectivity index (χ1) is 8.20. The molecule has 0 fully saturated rings. The predicted octanol–water partition coefficient (Wildman–Crippen LogP) is 3.02. The van der Waals surface area contributed by atoms with E-state index in [2.05, 4.69) is 0 Å². The van der Waals surface area contributed by atoms with Crippen LogP contribution in [0, 0.1) is 6.92 Å². The van der Waals surface area contributed by atoms with Crippen LogP contribution in [0.3, 0.4) is 0 Å². The van der Waals surface area contributed by atoms with Crippen molar-refractivity contribution >= 4 is 5.78 Å². The Hall–Kier alpha value is -2.03. The molecule has 0 saturated heterocycles. The second-order valence-electron chi connectivity index (χ2n) is 3.88. The Morgan fingerprint density at radius 3 is 2.47 bits per heavy atom. The maximum atomic E-state index is 11.9. The minimum Gasteiger partial charge on any atom is -0.497 e. The average Bonchev–Trinajstić information content (AvgIpc) is 2.76. The molecule has 0 aliphatic carbocycles. The molecule has 0 atom stereocenters. The summed E-state index contributed by atoms with van der Waals surface area (Å²) in [5, 5.41) is 0. The van der Waals surface area contributed by atoms with Gasteiger partial charge in [0.1, 0.15) is 5.75 Å². The van der Waals surface area contributed by atoms with Crippen molar-refractivity contribution in [2.75, 3.05) is 7.11 Å². The molecule has 0 spiro atoms. The molecule has 1 aromatic heterocycles. The molecule has 0 amide bonds. The maximum Gasteiger partial charge on any atom is 0.202 e. The zero-order valence-corrected chi connectivity index (χ0v) is 9.90. The topological polar surface area (TPSA) is 39.4 Å². The molecule has 0 aliphatic rings. The summed E-state index contributed by atoms with van der Waals surface area (Å²) in [4.78, 5) is 11.9. The van der Waals surface area contributed by atoms with Crippen molar-refractivity contribution in [3.05, 3.63) is 53.5 Å². The Labute approximate surface area is 100 Å².